The lowest BCUT2D eigenvalue weighted by molar-refractivity contribution is 0.632. The Hall–Kier alpha value is -0.560. The number of rotatable bonds is 5. The van der Waals surface area contributed by atoms with E-state index < -0.39 is 0 Å². The zero-order chi connectivity index (χ0) is 10.4. The van der Waals surface area contributed by atoms with Crippen LogP contribution >= 0.6 is 11.3 Å². The zero-order valence-corrected chi connectivity index (χ0v) is 10.2. The Labute approximate surface area is 91.7 Å². The lowest BCUT2D eigenvalue weighted by Crippen LogP contribution is -1.88. The van der Waals surface area contributed by atoms with Gasteiger partial charge in [-0.2, -0.15) is 0 Å². The second-order valence-corrected chi connectivity index (χ2v) is 4.93. The molecule has 0 aliphatic carbocycles. The molecule has 0 amide bonds. The van der Waals surface area contributed by atoms with Gasteiger partial charge in [0.15, 0.2) is 0 Å². The molecule has 14 heavy (non-hydrogen) atoms. The molecule has 0 bridgehead atoms. The van der Waals surface area contributed by atoms with Crippen LogP contribution in [0.25, 0.3) is 6.08 Å². The largest absolute Gasteiger partial charge is 0.141 e. The third-order valence-electron chi connectivity index (χ3n) is 2.45. The molecule has 0 aliphatic rings. The maximum absolute atomic E-state index is 2.33. The van der Waals surface area contributed by atoms with Gasteiger partial charge < -0.3 is 0 Å². The molecule has 78 valence electrons. The van der Waals surface area contributed by atoms with E-state index in [1.807, 2.05) is 11.3 Å². The number of unbranched alkanes of at least 4 members (excludes halogenated alkanes) is 1. The van der Waals surface area contributed by atoms with Crippen molar-refractivity contribution in [2.24, 2.45) is 0 Å². The van der Waals surface area contributed by atoms with Crippen molar-refractivity contribution in [3.05, 3.63) is 28.0 Å². The highest BCUT2D eigenvalue weighted by Crippen LogP contribution is 2.28. The van der Waals surface area contributed by atoms with Gasteiger partial charge in [-0.3, -0.25) is 0 Å². The van der Waals surface area contributed by atoms with Crippen LogP contribution in [0.3, 0.4) is 0 Å². The quantitative estimate of drug-likeness (QED) is 0.633. The molecular weight excluding hydrogens is 188 g/mol. The summed E-state index contributed by atoms with van der Waals surface area (Å²) < 4.78 is 0. The highest BCUT2D eigenvalue weighted by Gasteiger charge is 2.06. The third-order valence-corrected chi connectivity index (χ3v) is 3.74. The number of hydrogen-bond acceptors (Lipinski definition) is 1. The molecule has 0 aliphatic heterocycles. The second kappa shape index (κ2) is 6.02. The van der Waals surface area contributed by atoms with E-state index in [1.165, 1.54) is 29.0 Å². The summed E-state index contributed by atoms with van der Waals surface area (Å²) in [5, 5.41) is 0. The van der Waals surface area contributed by atoms with Crippen LogP contribution in [0.5, 0.6) is 0 Å². The fourth-order valence-corrected chi connectivity index (χ4v) is 2.61. The third kappa shape index (κ3) is 3.30. The van der Waals surface area contributed by atoms with Gasteiger partial charge in [-0.15, -0.1) is 11.3 Å². The molecule has 1 aromatic heterocycles. The lowest BCUT2D eigenvalue weighted by atomic mass is 10.0. The monoisotopic (exact) mass is 208 g/mol. The van der Waals surface area contributed by atoms with Crippen molar-refractivity contribution in [1.82, 2.24) is 0 Å². The molecule has 1 unspecified atom stereocenters. The molecule has 0 aromatic carbocycles. The lowest BCUT2D eigenvalue weighted by Gasteiger charge is -2.06. The minimum Gasteiger partial charge on any atom is -0.141 e. The van der Waals surface area contributed by atoms with Crippen LogP contribution in [-0.2, 0) is 0 Å². The van der Waals surface area contributed by atoms with Gasteiger partial charge in [0.25, 0.3) is 0 Å². The van der Waals surface area contributed by atoms with E-state index in [2.05, 4.69) is 45.1 Å². The Morgan fingerprint density at radius 1 is 1.43 bits per heavy atom. The highest BCUT2D eigenvalue weighted by atomic mass is 32.1. The number of thiophene rings is 1. The minimum absolute atomic E-state index is 0.735. The molecule has 0 saturated heterocycles. The SMILES string of the molecule is C/C=C/c1ccc(C(C)CCCC)s1. The van der Waals surface area contributed by atoms with E-state index in [0.29, 0.717) is 0 Å². The molecule has 1 aromatic rings. The van der Waals surface area contributed by atoms with Gasteiger partial charge in [-0.1, -0.05) is 32.8 Å². The van der Waals surface area contributed by atoms with Gasteiger partial charge >= 0.3 is 0 Å². The van der Waals surface area contributed by atoms with E-state index in [-0.39, 0.29) is 0 Å². The average molecular weight is 208 g/mol. The molecule has 1 heteroatoms. The summed E-state index contributed by atoms with van der Waals surface area (Å²) in [7, 11) is 0. The molecule has 0 radical (unpaired) electrons. The fourth-order valence-electron chi connectivity index (χ4n) is 1.54. The fraction of sp³-hybridized carbons (Fsp3) is 0.538. The van der Waals surface area contributed by atoms with Crippen molar-refractivity contribution in [3.8, 4) is 0 Å². The average Bonchev–Trinajstić information content (AvgIpc) is 2.63. The smallest absolute Gasteiger partial charge is 0.0270 e. The first-order chi connectivity index (χ1) is 6.77. The van der Waals surface area contributed by atoms with Crippen molar-refractivity contribution < 1.29 is 0 Å². The summed E-state index contributed by atoms with van der Waals surface area (Å²) in [6, 6.07) is 4.50. The number of hydrogen-bond donors (Lipinski definition) is 0. The predicted octanol–water partition coefficient (Wildman–Crippen LogP) is 5.07. The number of allylic oxidation sites excluding steroid dienone is 1. The van der Waals surface area contributed by atoms with Crippen LogP contribution in [0, 0.1) is 0 Å². The van der Waals surface area contributed by atoms with Crippen molar-refractivity contribution >= 4 is 17.4 Å². The molecule has 1 heterocycles. The van der Waals surface area contributed by atoms with Crippen molar-refractivity contribution in [1.29, 1.82) is 0 Å². The standard InChI is InChI=1S/C13H20S/c1-4-6-8-11(3)13-10-9-12(14-13)7-5-2/h5,7,9-11H,4,6,8H2,1-3H3/b7-5+. The summed E-state index contributed by atoms with van der Waals surface area (Å²) in [5.74, 6) is 0.735. The van der Waals surface area contributed by atoms with E-state index in [4.69, 9.17) is 0 Å². The van der Waals surface area contributed by atoms with Crippen LogP contribution < -0.4 is 0 Å². The summed E-state index contributed by atoms with van der Waals surface area (Å²) in [6.45, 7) is 6.66. The van der Waals surface area contributed by atoms with Gasteiger partial charge in [0, 0.05) is 9.75 Å². The summed E-state index contributed by atoms with van der Waals surface area (Å²) in [4.78, 5) is 2.91. The first-order valence-corrected chi connectivity index (χ1v) is 6.32. The maximum atomic E-state index is 2.33. The normalized spacial score (nSPS) is 13.6. The van der Waals surface area contributed by atoms with Gasteiger partial charge in [-0.25, -0.2) is 0 Å². The van der Waals surface area contributed by atoms with Crippen molar-refractivity contribution in [2.45, 2.75) is 46.0 Å². The highest BCUT2D eigenvalue weighted by molar-refractivity contribution is 7.13. The van der Waals surface area contributed by atoms with Crippen LogP contribution in [0.1, 0.15) is 55.7 Å². The Kier molecular flexibility index (Phi) is 4.95. The molecule has 0 N–H and O–H groups in total. The zero-order valence-electron chi connectivity index (χ0n) is 9.42. The predicted molar refractivity (Wildman–Crippen MR) is 67.0 cm³/mol. The topological polar surface area (TPSA) is 0 Å². The first kappa shape index (κ1) is 11.5. The molecule has 0 nitrogen and oxygen atoms in total. The minimum atomic E-state index is 0.735. The Morgan fingerprint density at radius 3 is 2.86 bits per heavy atom. The Morgan fingerprint density at radius 2 is 2.21 bits per heavy atom. The van der Waals surface area contributed by atoms with E-state index in [9.17, 15) is 0 Å². The van der Waals surface area contributed by atoms with E-state index in [1.54, 1.807) is 0 Å². The van der Waals surface area contributed by atoms with Crippen molar-refractivity contribution in [3.63, 3.8) is 0 Å². The second-order valence-electron chi connectivity index (χ2n) is 3.78. The molecule has 0 spiro atoms. The van der Waals surface area contributed by atoms with E-state index >= 15 is 0 Å². The molecular formula is C13H20S. The van der Waals surface area contributed by atoms with Crippen molar-refractivity contribution in [2.75, 3.05) is 0 Å². The van der Waals surface area contributed by atoms with Gasteiger partial charge in [0.1, 0.15) is 0 Å². The molecule has 0 fully saturated rings. The van der Waals surface area contributed by atoms with Gasteiger partial charge in [0.05, 0.1) is 0 Å². The van der Waals surface area contributed by atoms with Gasteiger partial charge in [0.2, 0.25) is 0 Å². The summed E-state index contributed by atoms with van der Waals surface area (Å²) in [5.41, 5.74) is 0. The summed E-state index contributed by atoms with van der Waals surface area (Å²) >= 11 is 1.93. The Balaban J connectivity index is 2.57. The molecule has 0 saturated carbocycles. The Bertz CT molecular complexity index is 283. The van der Waals surface area contributed by atoms with Crippen LogP contribution in [0.4, 0.5) is 0 Å². The summed E-state index contributed by atoms with van der Waals surface area (Å²) in [6.07, 6.45) is 8.26. The van der Waals surface area contributed by atoms with Crippen LogP contribution in [0.2, 0.25) is 0 Å². The first-order valence-electron chi connectivity index (χ1n) is 5.50. The maximum Gasteiger partial charge on any atom is 0.0270 e. The van der Waals surface area contributed by atoms with Crippen LogP contribution in [-0.4, -0.2) is 0 Å². The van der Waals surface area contributed by atoms with E-state index in [0.717, 1.165) is 5.92 Å². The van der Waals surface area contributed by atoms with Crippen LogP contribution in [0.15, 0.2) is 18.2 Å². The molecule has 1 atom stereocenters. The van der Waals surface area contributed by atoms with Gasteiger partial charge in [-0.05, 0) is 37.5 Å². The molecule has 1 rings (SSSR count).